The van der Waals surface area contributed by atoms with Crippen molar-refractivity contribution in [1.82, 2.24) is 0 Å². The number of benzene rings is 2. The van der Waals surface area contributed by atoms with Crippen LogP contribution in [0.1, 0.15) is 17.0 Å². The Balaban J connectivity index is 1.72. The average molecular weight is 338 g/mol. The van der Waals surface area contributed by atoms with Crippen LogP contribution < -0.4 is 18.9 Å². The Bertz CT molecular complexity index is 930. The summed E-state index contributed by atoms with van der Waals surface area (Å²) in [5.41, 5.74) is 2.30. The van der Waals surface area contributed by atoms with Gasteiger partial charge in [0.1, 0.15) is 18.1 Å². The number of fused-ring (bicyclic) bond motifs is 2. The second-order valence-corrected chi connectivity index (χ2v) is 5.97. The Hall–Kier alpha value is -3.15. The van der Waals surface area contributed by atoms with Crippen LogP contribution in [0.3, 0.4) is 0 Å². The molecule has 0 bridgehead atoms. The summed E-state index contributed by atoms with van der Waals surface area (Å²) < 4.78 is 27.4. The van der Waals surface area contributed by atoms with Gasteiger partial charge in [-0.25, -0.2) is 4.79 Å². The minimum absolute atomic E-state index is 0.141. The molecule has 0 aromatic heterocycles. The zero-order valence-corrected chi connectivity index (χ0v) is 13.4. The summed E-state index contributed by atoms with van der Waals surface area (Å²) in [5.74, 6) is 2.53. The molecule has 0 N–H and O–H groups in total. The van der Waals surface area contributed by atoms with Crippen molar-refractivity contribution in [2.75, 3.05) is 20.5 Å². The fourth-order valence-corrected chi connectivity index (χ4v) is 3.47. The summed E-state index contributed by atoms with van der Waals surface area (Å²) in [6, 6.07) is 11.3. The molecule has 0 aliphatic carbocycles. The van der Waals surface area contributed by atoms with Gasteiger partial charge in [0.25, 0.3) is 0 Å². The van der Waals surface area contributed by atoms with E-state index in [1.54, 1.807) is 13.2 Å². The molecule has 126 valence electrons. The maximum absolute atomic E-state index is 12.3. The van der Waals surface area contributed by atoms with Gasteiger partial charge < -0.3 is 23.7 Å². The van der Waals surface area contributed by atoms with Crippen molar-refractivity contribution < 1.29 is 28.5 Å². The third-order valence-corrected chi connectivity index (χ3v) is 4.62. The summed E-state index contributed by atoms with van der Waals surface area (Å²) in [7, 11) is 1.61. The Morgan fingerprint density at radius 1 is 1.04 bits per heavy atom. The quantitative estimate of drug-likeness (QED) is 0.785. The lowest BCUT2D eigenvalue weighted by Gasteiger charge is -2.26. The Morgan fingerprint density at radius 2 is 1.88 bits per heavy atom. The summed E-state index contributed by atoms with van der Waals surface area (Å²) in [6.45, 7) is 0.319. The molecule has 2 aromatic carbocycles. The standard InChI is InChI=1S/C19H14O6/c1-21-11-4-2-3-10(5-11)17-12-6-14-15(24-9-23-14)7-13(12)25-16-8-22-19(20)18(16)17/h2-7,17H,8-9H2,1H3/t17-/m0/s1. The van der Waals surface area contributed by atoms with Gasteiger partial charge in [-0.15, -0.1) is 0 Å². The summed E-state index contributed by atoms with van der Waals surface area (Å²) in [5, 5.41) is 0. The van der Waals surface area contributed by atoms with Crippen LogP contribution in [0.4, 0.5) is 0 Å². The molecule has 6 nitrogen and oxygen atoms in total. The molecule has 0 fully saturated rings. The van der Waals surface area contributed by atoms with Crippen LogP contribution in [0, 0.1) is 0 Å². The lowest BCUT2D eigenvalue weighted by Crippen LogP contribution is -2.18. The predicted octanol–water partition coefficient (Wildman–Crippen LogP) is 2.76. The topological polar surface area (TPSA) is 63.2 Å². The number of ether oxygens (including phenoxy) is 5. The van der Waals surface area contributed by atoms with Gasteiger partial charge in [-0.1, -0.05) is 12.1 Å². The smallest absolute Gasteiger partial charge is 0.339 e. The van der Waals surface area contributed by atoms with E-state index in [2.05, 4.69) is 0 Å². The number of carbonyl (C=O) groups excluding carboxylic acids is 1. The molecule has 3 aliphatic heterocycles. The highest BCUT2D eigenvalue weighted by atomic mass is 16.7. The van der Waals surface area contributed by atoms with Crippen molar-refractivity contribution in [1.29, 1.82) is 0 Å². The van der Waals surface area contributed by atoms with Crippen LogP contribution in [0.15, 0.2) is 47.7 Å². The maximum atomic E-state index is 12.3. The van der Waals surface area contributed by atoms with Gasteiger partial charge in [-0.2, -0.15) is 0 Å². The molecule has 0 saturated carbocycles. The third kappa shape index (κ3) is 2.07. The van der Waals surface area contributed by atoms with Crippen molar-refractivity contribution in [3.05, 3.63) is 58.9 Å². The fourth-order valence-electron chi connectivity index (χ4n) is 3.47. The number of methoxy groups -OCH3 is 1. The van der Waals surface area contributed by atoms with Crippen LogP contribution in [-0.4, -0.2) is 26.5 Å². The first-order valence-corrected chi connectivity index (χ1v) is 7.90. The van der Waals surface area contributed by atoms with Gasteiger partial charge in [0.2, 0.25) is 6.79 Å². The fraction of sp³-hybridized carbons (Fsp3) is 0.211. The van der Waals surface area contributed by atoms with Crippen molar-refractivity contribution in [3.8, 4) is 23.0 Å². The van der Waals surface area contributed by atoms with Crippen molar-refractivity contribution in [2.45, 2.75) is 5.92 Å². The van der Waals surface area contributed by atoms with E-state index in [0.29, 0.717) is 28.6 Å². The minimum atomic E-state index is -0.355. The molecule has 6 heteroatoms. The number of hydrogen-bond acceptors (Lipinski definition) is 6. The molecule has 0 spiro atoms. The largest absolute Gasteiger partial charge is 0.497 e. The molecule has 25 heavy (non-hydrogen) atoms. The first kappa shape index (κ1) is 14.2. The van der Waals surface area contributed by atoms with E-state index in [9.17, 15) is 4.79 Å². The second-order valence-electron chi connectivity index (χ2n) is 5.97. The Kier molecular flexibility index (Phi) is 2.94. The lowest BCUT2D eigenvalue weighted by atomic mass is 9.82. The molecular weight excluding hydrogens is 324 g/mol. The lowest BCUT2D eigenvalue weighted by molar-refractivity contribution is -0.136. The molecule has 3 heterocycles. The highest BCUT2D eigenvalue weighted by Crippen LogP contribution is 2.50. The van der Waals surface area contributed by atoms with E-state index in [1.807, 2.05) is 30.3 Å². The number of cyclic esters (lactones) is 1. The van der Waals surface area contributed by atoms with Gasteiger partial charge in [-0.3, -0.25) is 0 Å². The van der Waals surface area contributed by atoms with Gasteiger partial charge in [-0.05, 0) is 23.8 Å². The summed E-state index contributed by atoms with van der Waals surface area (Å²) in [4.78, 5) is 12.3. The van der Waals surface area contributed by atoms with Gasteiger partial charge >= 0.3 is 5.97 Å². The second kappa shape index (κ2) is 5.17. The van der Waals surface area contributed by atoms with Gasteiger partial charge in [0, 0.05) is 17.5 Å². The van der Waals surface area contributed by atoms with Crippen LogP contribution in [0.5, 0.6) is 23.0 Å². The van der Waals surface area contributed by atoms with Crippen molar-refractivity contribution >= 4 is 5.97 Å². The van der Waals surface area contributed by atoms with E-state index >= 15 is 0 Å². The number of esters is 1. The maximum Gasteiger partial charge on any atom is 0.339 e. The molecule has 0 unspecified atom stereocenters. The number of hydrogen-bond donors (Lipinski definition) is 0. The number of carbonyl (C=O) groups is 1. The minimum Gasteiger partial charge on any atom is -0.497 e. The summed E-state index contributed by atoms with van der Waals surface area (Å²) in [6.07, 6.45) is 0. The zero-order chi connectivity index (χ0) is 17.0. The van der Waals surface area contributed by atoms with Crippen LogP contribution >= 0.6 is 0 Å². The van der Waals surface area contributed by atoms with E-state index in [1.165, 1.54) is 0 Å². The van der Waals surface area contributed by atoms with E-state index in [0.717, 1.165) is 16.9 Å². The molecule has 0 amide bonds. The zero-order valence-electron chi connectivity index (χ0n) is 13.4. The molecular formula is C19H14O6. The molecule has 2 aromatic rings. The molecule has 5 rings (SSSR count). The highest BCUT2D eigenvalue weighted by Gasteiger charge is 2.41. The predicted molar refractivity (Wildman–Crippen MR) is 86.0 cm³/mol. The normalized spacial score (nSPS) is 19.9. The SMILES string of the molecule is COc1cccc([C@@H]2C3=C(COC3=O)Oc3cc4c(cc32)OCO4)c1. The van der Waals surface area contributed by atoms with Crippen LogP contribution in [0.25, 0.3) is 0 Å². The highest BCUT2D eigenvalue weighted by molar-refractivity contribution is 5.95. The number of rotatable bonds is 2. The molecule has 3 aliphatic rings. The molecule has 1 atom stereocenters. The molecule has 0 radical (unpaired) electrons. The van der Waals surface area contributed by atoms with Gasteiger partial charge in [0.05, 0.1) is 12.7 Å². The first-order valence-electron chi connectivity index (χ1n) is 7.90. The molecule has 0 saturated heterocycles. The van der Waals surface area contributed by atoms with E-state index in [4.69, 9.17) is 23.7 Å². The van der Waals surface area contributed by atoms with Crippen molar-refractivity contribution in [2.24, 2.45) is 0 Å². The van der Waals surface area contributed by atoms with Crippen LogP contribution in [-0.2, 0) is 9.53 Å². The monoisotopic (exact) mass is 338 g/mol. The Morgan fingerprint density at radius 3 is 2.72 bits per heavy atom. The van der Waals surface area contributed by atoms with Crippen molar-refractivity contribution in [3.63, 3.8) is 0 Å². The van der Waals surface area contributed by atoms with E-state index in [-0.39, 0.29) is 25.3 Å². The average Bonchev–Trinajstić information content (AvgIpc) is 3.24. The Labute approximate surface area is 143 Å². The van der Waals surface area contributed by atoms with Crippen LogP contribution in [0.2, 0.25) is 0 Å². The first-order chi connectivity index (χ1) is 12.2. The van der Waals surface area contributed by atoms with E-state index < -0.39 is 0 Å². The van der Waals surface area contributed by atoms with Gasteiger partial charge in [0.15, 0.2) is 17.3 Å². The third-order valence-electron chi connectivity index (χ3n) is 4.62. The summed E-state index contributed by atoms with van der Waals surface area (Å²) >= 11 is 0.